The number of ketones is 1. The van der Waals surface area contributed by atoms with E-state index in [1.54, 1.807) is 6.07 Å². The van der Waals surface area contributed by atoms with Gasteiger partial charge in [0.15, 0.2) is 5.78 Å². The Labute approximate surface area is 92.3 Å². The lowest BCUT2D eigenvalue weighted by molar-refractivity contribution is 0.0984. The van der Waals surface area contributed by atoms with Crippen LogP contribution in [0.2, 0.25) is 0 Å². The molecule has 1 aromatic rings. The van der Waals surface area contributed by atoms with Crippen LogP contribution in [0.25, 0.3) is 0 Å². The van der Waals surface area contributed by atoms with E-state index in [2.05, 4.69) is 0 Å². The lowest BCUT2D eigenvalue weighted by Gasteiger charge is -2.07. The molecule has 0 radical (unpaired) electrons. The van der Waals surface area contributed by atoms with Crippen molar-refractivity contribution in [2.45, 2.75) is 34.1 Å². The molecule has 0 unspecified atom stereocenters. The average molecular weight is 208 g/mol. The molecule has 84 valence electrons. The molecule has 0 aliphatic carbocycles. The Morgan fingerprint density at radius 3 is 2.33 bits per heavy atom. The molecule has 15 heavy (non-hydrogen) atoms. The third kappa shape index (κ3) is 4.15. The standard InChI is InChI=1S/C11H14O2.C2H6/c1-3-10(12)9-7-5-6-8-11(9)13-4-2;1-2/h5-8H,3-4H2,1-2H3;1-2H3. The molecule has 0 aromatic heterocycles. The number of hydrogen-bond acceptors (Lipinski definition) is 2. The van der Waals surface area contributed by atoms with Crippen molar-refractivity contribution in [1.82, 2.24) is 0 Å². The van der Waals surface area contributed by atoms with E-state index >= 15 is 0 Å². The van der Waals surface area contributed by atoms with E-state index in [9.17, 15) is 4.79 Å². The maximum atomic E-state index is 11.4. The second-order valence-corrected chi connectivity index (χ2v) is 2.71. The summed E-state index contributed by atoms with van der Waals surface area (Å²) >= 11 is 0. The Bertz CT molecular complexity index is 292. The topological polar surface area (TPSA) is 26.3 Å². The molecular weight excluding hydrogens is 188 g/mol. The SMILES string of the molecule is CC.CCOc1ccccc1C(=O)CC. The van der Waals surface area contributed by atoms with Crippen molar-refractivity contribution in [3.8, 4) is 5.75 Å². The minimum Gasteiger partial charge on any atom is -0.493 e. The van der Waals surface area contributed by atoms with Gasteiger partial charge in [0.05, 0.1) is 12.2 Å². The number of carbonyl (C=O) groups excluding carboxylic acids is 1. The smallest absolute Gasteiger partial charge is 0.166 e. The van der Waals surface area contributed by atoms with Crippen LogP contribution in [0.3, 0.4) is 0 Å². The van der Waals surface area contributed by atoms with Gasteiger partial charge in [0.1, 0.15) is 5.75 Å². The van der Waals surface area contributed by atoms with E-state index in [1.165, 1.54) is 0 Å². The molecule has 0 amide bonds. The molecule has 0 saturated carbocycles. The summed E-state index contributed by atoms with van der Waals surface area (Å²) in [6, 6.07) is 7.35. The number of benzene rings is 1. The van der Waals surface area contributed by atoms with Gasteiger partial charge in [0.2, 0.25) is 0 Å². The fraction of sp³-hybridized carbons (Fsp3) is 0.462. The summed E-state index contributed by atoms with van der Waals surface area (Å²) in [6.07, 6.45) is 0.518. The molecule has 2 heteroatoms. The normalized spacial score (nSPS) is 8.80. The summed E-state index contributed by atoms with van der Waals surface area (Å²) < 4.78 is 5.34. The van der Waals surface area contributed by atoms with Crippen molar-refractivity contribution < 1.29 is 9.53 Å². The zero-order valence-corrected chi connectivity index (χ0v) is 10.0. The van der Waals surface area contributed by atoms with Crippen LogP contribution >= 0.6 is 0 Å². The molecule has 0 aliphatic rings. The minimum absolute atomic E-state index is 0.129. The van der Waals surface area contributed by atoms with E-state index in [0.29, 0.717) is 24.3 Å². The Morgan fingerprint density at radius 1 is 1.20 bits per heavy atom. The van der Waals surface area contributed by atoms with Gasteiger partial charge in [0.25, 0.3) is 0 Å². The zero-order valence-electron chi connectivity index (χ0n) is 10.0. The highest BCUT2D eigenvalue weighted by Crippen LogP contribution is 2.19. The van der Waals surface area contributed by atoms with Crippen LogP contribution in [0, 0.1) is 0 Å². The fourth-order valence-corrected chi connectivity index (χ4v) is 1.17. The quantitative estimate of drug-likeness (QED) is 0.705. The van der Waals surface area contributed by atoms with Crippen LogP contribution in [0.4, 0.5) is 0 Å². The Hall–Kier alpha value is -1.31. The molecule has 0 atom stereocenters. The number of rotatable bonds is 4. The molecule has 0 N–H and O–H groups in total. The molecule has 0 spiro atoms. The van der Waals surface area contributed by atoms with Gasteiger partial charge >= 0.3 is 0 Å². The number of Topliss-reactive ketones (excluding diaryl/α,β-unsaturated/α-hetero) is 1. The third-order valence-corrected chi connectivity index (χ3v) is 1.81. The highest BCUT2D eigenvalue weighted by Gasteiger charge is 2.08. The molecule has 0 saturated heterocycles. The maximum absolute atomic E-state index is 11.4. The molecule has 1 rings (SSSR count). The predicted octanol–water partition coefficient (Wildman–Crippen LogP) is 3.70. The molecule has 0 bridgehead atoms. The lowest BCUT2D eigenvalue weighted by atomic mass is 10.1. The van der Waals surface area contributed by atoms with E-state index < -0.39 is 0 Å². The molecular formula is C13H20O2. The highest BCUT2D eigenvalue weighted by molar-refractivity contribution is 5.98. The summed E-state index contributed by atoms with van der Waals surface area (Å²) in [5, 5.41) is 0. The number of para-hydroxylation sites is 1. The van der Waals surface area contributed by atoms with Crippen molar-refractivity contribution in [3.05, 3.63) is 29.8 Å². The second kappa shape index (κ2) is 8.04. The van der Waals surface area contributed by atoms with Crippen LogP contribution in [-0.2, 0) is 0 Å². The molecule has 0 aliphatic heterocycles. The first-order valence-corrected chi connectivity index (χ1v) is 5.54. The maximum Gasteiger partial charge on any atom is 0.166 e. The van der Waals surface area contributed by atoms with Crippen molar-refractivity contribution in [3.63, 3.8) is 0 Å². The van der Waals surface area contributed by atoms with E-state index in [1.807, 2.05) is 45.9 Å². The largest absolute Gasteiger partial charge is 0.493 e. The van der Waals surface area contributed by atoms with Gasteiger partial charge in [-0.15, -0.1) is 0 Å². The molecule has 0 heterocycles. The molecule has 1 aromatic carbocycles. The second-order valence-electron chi connectivity index (χ2n) is 2.71. The average Bonchev–Trinajstić information content (AvgIpc) is 2.32. The monoisotopic (exact) mass is 208 g/mol. The van der Waals surface area contributed by atoms with Crippen LogP contribution in [0.5, 0.6) is 5.75 Å². The van der Waals surface area contributed by atoms with Gasteiger partial charge in [-0.25, -0.2) is 0 Å². The summed E-state index contributed by atoms with van der Waals surface area (Å²) in [5.74, 6) is 0.820. The molecule has 2 nitrogen and oxygen atoms in total. The lowest BCUT2D eigenvalue weighted by Crippen LogP contribution is -2.02. The number of ether oxygens (including phenoxy) is 1. The van der Waals surface area contributed by atoms with Crippen LogP contribution < -0.4 is 4.74 Å². The first kappa shape index (κ1) is 13.7. The third-order valence-electron chi connectivity index (χ3n) is 1.81. The summed E-state index contributed by atoms with van der Waals surface area (Å²) in [5.41, 5.74) is 0.687. The van der Waals surface area contributed by atoms with Crippen LogP contribution in [0.15, 0.2) is 24.3 Å². The van der Waals surface area contributed by atoms with Crippen LogP contribution in [-0.4, -0.2) is 12.4 Å². The van der Waals surface area contributed by atoms with Gasteiger partial charge in [-0.3, -0.25) is 4.79 Å². The predicted molar refractivity (Wildman–Crippen MR) is 63.6 cm³/mol. The van der Waals surface area contributed by atoms with E-state index in [4.69, 9.17) is 4.74 Å². The first-order chi connectivity index (χ1) is 7.29. The number of hydrogen-bond donors (Lipinski definition) is 0. The van der Waals surface area contributed by atoms with Gasteiger partial charge < -0.3 is 4.74 Å². The summed E-state index contributed by atoms with van der Waals surface area (Å²) in [7, 11) is 0. The Morgan fingerprint density at radius 2 is 1.80 bits per heavy atom. The fourth-order valence-electron chi connectivity index (χ4n) is 1.17. The van der Waals surface area contributed by atoms with Crippen LogP contribution in [0.1, 0.15) is 44.5 Å². The summed E-state index contributed by atoms with van der Waals surface area (Å²) in [4.78, 5) is 11.4. The Balaban J connectivity index is 0.000000921. The molecule has 0 fully saturated rings. The van der Waals surface area contributed by atoms with Gasteiger partial charge in [-0.1, -0.05) is 32.9 Å². The van der Waals surface area contributed by atoms with Crippen molar-refractivity contribution >= 4 is 5.78 Å². The van der Waals surface area contributed by atoms with Gasteiger partial charge in [-0.2, -0.15) is 0 Å². The van der Waals surface area contributed by atoms with Gasteiger partial charge in [0, 0.05) is 6.42 Å². The first-order valence-electron chi connectivity index (χ1n) is 5.54. The zero-order chi connectivity index (χ0) is 11.7. The van der Waals surface area contributed by atoms with Crippen molar-refractivity contribution in [2.24, 2.45) is 0 Å². The van der Waals surface area contributed by atoms with Gasteiger partial charge in [-0.05, 0) is 19.1 Å². The van der Waals surface area contributed by atoms with E-state index in [-0.39, 0.29) is 5.78 Å². The van der Waals surface area contributed by atoms with Crippen molar-refractivity contribution in [1.29, 1.82) is 0 Å². The highest BCUT2D eigenvalue weighted by atomic mass is 16.5. The Kier molecular flexibility index (Phi) is 7.33. The van der Waals surface area contributed by atoms with Crippen molar-refractivity contribution in [2.75, 3.05) is 6.61 Å². The van der Waals surface area contributed by atoms with E-state index in [0.717, 1.165) is 0 Å². The number of carbonyl (C=O) groups is 1. The minimum atomic E-state index is 0.129. The summed E-state index contributed by atoms with van der Waals surface area (Å²) in [6.45, 7) is 8.35.